The third-order valence-corrected chi connectivity index (χ3v) is 7.11. The van der Waals surface area contributed by atoms with Gasteiger partial charge >= 0.3 is 0 Å². The molecule has 3 aliphatic carbocycles. The van der Waals surface area contributed by atoms with Gasteiger partial charge in [-0.25, -0.2) is 13.1 Å². The highest BCUT2D eigenvalue weighted by Crippen LogP contribution is 2.65. The maximum Gasteiger partial charge on any atom is 0.213 e. The summed E-state index contributed by atoms with van der Waals surface area (Å²) < 4.78 is 27.3. The quantitative estimate of drug-likeness (QED) is 0.791. The van der Waals surface area contributed by atoms with Gasteiger partial charge < -0.3 is 5.32 Å². The number of nitrogens with one attached hydrogen (secondary N) is 2. The summed E-state index contributed by atoms with van der Waals surface area (Å²) in [6.07, 6.45) is 6.17. The first kappa shape index (κ1) is 11.7. The normalized spacial score (nSPS) is 49.6. The second-order valence-electron chi connectivity index (χ2n) is 6.71. The molecule has 2 bridgehead atoms. The van der Waals surface area contributed by atoms with Crippen molar-refractivity contribution in [2.45, 2.75) is 44.2 Å². The summed E-state index contributed by atoms with van der Waals surface area (Å²) in [5.74, 6) is 3.32. The molecule has 0 radical (unpaired) electrons. The van der Waals surface area contributed by atoms with Crippen molar-refractivity contribution in [3.05, 3.63) is 0 Å². The van der Waals surface area contributed by atoms with E-state index in [4.69, 9.17) is 0 Å². The van der Waals surface area contributed by atoms with Crippen LogP contribution in [0.1, 0.15) is 32.1 Å². The molecule has 0 aromatic heterocycles. The molecule has 1 heterocycles. The molecule has 2 N–H and O–H groups in total. The fourth-order valence-electron chi connectivity index (χ4n) is 4.90. The van der Waals surface area contributed by atoms with Crippen LogP contribution >= 0.6 is 0 Å². The summed E-state index contributed by atoms with van der Waals surface area (Å²) in [6.45, 7) is 0.971. The molecule has 0 amide bonds. The Morgan fingerprint density at radius 3 is 2.44 bits per heavy atom. The molecule has 0 aromatic carbocycles. The highest BCUT2D eigenvalue weighted by atomic mass is 32.2. The van der Waals surface area contributed by atoms with E-state index in [0.29, 0.717) is 17.9 Å². The minimum atomic E-state index is -3.08. The molecule has 1 aliphatic heterocycles. The van der Waals surface area contributed by atoms with E-state index in [1.54, 1.807) is 0 Å². The molecule has 4 rings (SSSR count). The molecule has 102 valence electrons. The van der Waals surface area contributed by atoms with E-state index in [1.165, 1.54) is 19.3 Å². The lowest BCUT2D eigenvalue weighted by molar-refractivity contribution is 0.456. The van der Waals surface area contributed by atoms with Gasteiger partial charge in [-0.05, 0) is 62.3 Å². The van der Waals surface area contributed by atoms with Crippen LogP contribution in [-0.2, 0) is 10.0 Å². The van der Waals surface area contributed by atoms with Crippen molar-refractivity contribution in [1.82, 2.24) is 10.0 Å². The number of sulfonamides is 1. The van der Waals surface area contributed by atoms with Crippen molar-refractivity contribution in [3.8, 4) is 0 Å². The molecule has 3 saturated carbocycles. The second kappa shape index (κ2) is 3.93. The molecule has 4 nitrogen and oxygen atoms in total. The van der Waals surface area contributed by atoms with E-state index in [9.17, 15) is 8.42 Å². The van der Waals surface area contributed by atoms with E-state index in [-0.39, 0.29) is 11.8 Å². The first-order valence-electron chi connectivity index (χ1n) is 7.37. The van der Waals surface area contributed by atoms with E-state index < -0.39 is 10.0 Å². The number of hydrogen-bond donors (Lipinski definition) is 2. The molecule has 5 unspecified atom stereocenters. The molecule has 0 aromatic rings. The largest absolute Gasteiger partial charge is 0.313 e. The summed E-state index contributed by atoms with van der Waals surface area (Å²) in [4.78, 5) is 0. The predicted molar refractivity (Wildman–Crippen MR) is 69.5 cm³/mol. The zero-order chi connectivity index (χ0) is 12.3. The van der Waals surface area contributed by atoms with E-state index in [0.717, 1.165) is 31.2 Å². The number of rotatable bonds is 4. The minimum absolute atomic E-state index is 0.179. The number of fused-ring (bicyclic) bond motifs is 5. The van der Waals surface area contributed by atoms with E-state index in [1.807, 2.05) is 0 Å². The van der Waals surface area contributed by atoms with Crippen LogP contribution in [-0.4, -0.2) is 32.8 Å². The smallest absolute Gasteiger partial charge is 0.213 e. The molecular weight excluding hydrogens is 248 g/mol. The van der Waals surface area contributed by atoms with Gasteiger partial charge in [0.2, 0.25) is 10.0 Å². The Balaban J connectivity index is 1.37. The van der Waals surface area contributed by atoms with Gasteiger partial charge in [0.15, 0.2) is 0 Å². The van der Waals surface area contributed by atoms with Gasteiger partial charge in [-0.1, -0.05) is 0 Å². The van der Waals surface area contributed by atoms with Gasteiger partial charge in [0.05, 0.1) is 5.75 Å². The Bertz CT molecular complexity index is 428. The minimum Gasteiger partial charge on any atom is -0.313 e. The van der Waals surface area contributed by atoms with Gasteiger partial charge in [-0.2, -0.15) is 0 Å². The Morgan fingerprint density at radius 2 is 1.83 bits per heavy atom. The van der Waals surface area contributed by atoms with Crippen molar-refractivity contribution in [2.24, 2.45) is 23.7 Å². The Kier molecular flexibility index (Phi) is 2.55. The third kappa shape index (κ3) is 1.82. The van der Waals surface area contributed by atoms with Gasteiger partial charge in [-0.15, -0.1) is 0 Å². The first-order valence-corrected chi connectivity index (χ1v) is 9.03. The molecule has 4 fully saturated rings. The maximum absolute atomic E-state index is 12.2. The summed E-state index contributed by atoms with van der Waals surface area (Å²) >= 11 is 0. The van der Waals surface area contributed by atoms with Crippen LogP contribution in [0, 0.1) is 23.7 Å². The van der Waals surface area contributed by atoms with Gasteiger partial charge in [0.25, 0.3) is 0 Å². The van der Waals surface area contributed by atoms with Gasteiger partial charge in [-0.3, -0.25) is 0 Å². The lowest BCUT2D eigenvalue weighted by Gasteiger charge is -2.14. The standard InChI is InChI=1S/C13H22N2O2S/c16-18(17,7-10-2-1-5-14-10)15-13-11-8-3-4-9(6-8)12(11)13/h8-15H,1-7H2. The average Bonchev–Trinajstić information content (AvgIpc) is 2.80. The SMILES string of the molecule is O=S(=O)(CC1CCCN1)NC1C2C3CCC(C3)C12. The lowest BCUT2D eigenvalue weighted by Crippen LogP contribution is -2.39. The van der Waals surface area contributed by atoms with Crippen molar-refractivity contribution in [2.75, 3.05) is 12.3 Å². The molecule has 18 heavy (non-hydrogen) atoms. The van der Waals surface area contributed by atoms with Crippen LogP contribution in [0.4, 0.5) is 0 Å². The van der Waals surface area contributed by atoms with E-state index >= 15 is 0 Å². The fourth-order valence-corrected chi connectivity index (χ4v) is 6.54. The highest BCUT2D eigenvalue weighted by Gasteiger charge is 2.65. The Hall–Kier alpha value is -0.130. The highest BCUT2D eigenvalue weighted by molar-refractivity contribution is 7.89. The van der Waals surface area contributed by atoms with Gasteiger partial charge in [0, 0.05) is 12.1 Å². The summed E-state index contributed by atoms with van der Waals surface area (Å²) in [5, 5.41) is 3.27. The zero-order valence-corrected chi connectivity index (χ0v) is 11.5. The lowest BCUT2D eigenvalue weighted by atomic mass is 10.0. The molecule has 4 aliphatic rings. The van der Waals surface area contributed by atoms with Crippen molar-refractivity contribution < 1.29 is 8.42 Å². The zero-order valence-electron chi connectivity index (χ0n) is 10.6. The Labute approximate surface area is 109 Å². The third-order valence-electron chi connectivity index (χ3n) is 5.63. The summed E-state index contributed by atoms with van der Waals surface area (Å²) in [7, 11) is -3.08. The maximum atomic E-state index is 12.2. The first-order chi connectivity index (χ1) is 8.64. The van der Waals surface area contributed by atoms with E-state index in [2.05, 4.69) is 10.0 Å². The van der Waals surface area contributed by atoms with Crippen LogP contribution in [0.25, 0.3) is 0 Å². The fraction of sp³-hybridized carbons (Fsp3) is 1.00. The average molecular weight is 270 g/mol. The molecule has 0 spiro atoms. The topological polar surface area (TPSA) is 58.2 Å². The molecule has 1 saturated heterocycles. The van der Waals surface area contributed by atoms with Crippen molar-refractivity contribution >= 4 is 10.0 Å². The van der Waals surface area contributed by atoms with Crippen LogP contribution in [0.5, 0.6) is 0 Å². The summed E-state index contributed by atoms with van der Waals surface area (Å²) in [5.41, 5.74) is 0. The van der Waals surface area contributed by atoms with Crippen LogP contribution in [0.15, 0.2) is 0 Å². The molecular formula is C13H22N2O2S. The van der Waals surface area contributed by atoms with Crippen molar-refractivity contribution in [1.29, 1.82) is 0 Å². The van der Waals surface area contributed by atoms with Crippen LogP contribution < -0.4 is 10.0 Å². The number of hydrogen-bond acceptors (Lipinski definition) is 3. The Morgan fingerprint density at radius 1 is 1.11 bits per heavy atom. The second-order valence-corrected chi connectivity index (χ2v) is 8.50. The predicted octanol–water partition coefficient (Wildman–Crippen LogP) is 0.702. The monoisotopic (exact) mass is 270 g/mol. The van der Waals surface area contributed by atoms with Crippen LogP contribution in [0.3, 0.4) is 0 Å². The van der Waals surface area contributed by atoms with Crippen molar-refractivity contribution in [3.63, 3.8) is 0 Å². The van der Waals surface area contributed by atoms with Gasteiger partial charge in [0.1, 0.15) is 0 Å². The van der Waals surface area contributed by atoms with Crippen LogP contribution in [0.2, 0.25) is 0 Å². The molecule has 5 heteroatoms. The summed E-state index contributed by atoms with van der Waals surface area (Å²) in [6, 6.07) is 0.473. The molecule has 5 atom stereocenters.